The van der Waals surface area contributed by atoms with Gasteiger partial charge in [0, 0.05) is 18.9 Å². The lowest BCUT2D eigenvalue weighted by molar-refractivity contribution is -0.0482. The molecule has 1 aliphatic heterocycles. The third-order valence-corrected chi connectivity index (χ3v) is 6.89. The van der Waals surface area contributed by atoms with Crippen LogP contribution < -0.4 is 10.7 Å². The van der Waals surface area contributed by atoms with Crippen molar-refractivity contribution < 1.29 is 4.74 Å². The lowest BCUT2D eigenvalue weighted by atomic mass is 9.48. The van der Waals surface area contributed by atoms with Crippen LogP contribution in [0.2, 0.25) is 0 Å². The molecule has 0 aromatic rings. The van der Waals surface area contributed by atoms with E-state index in [-0.39, 0.29) is 0 Å². The fourth-order valence-corrected chi connectivity index (χ4v) is 6.42. The summed E-state index contributed by atoms with van der Waals surface area (Å²) in [7, 11) is 0. The van der Waals surface area contributed by atoms with Gasteiger partial charge in [-0.1, -0.05) is 0 Å². The summed E-state index contributed by atoms with van der Waals surface area (Å²) >= 11 is 5.34. The van der Waals surface area contributed by atoms with Crippen LogP contribution in [0.5, 0.6) is 0 Å². The number of nitrogens with one attached hydrogen (secondary N) is 2. The van der Waals surface area contributed by atoms with E-state index in [2.05, 4.69) is 22.8 Å². The second kappa shape index (κ2) is 6.91. The van der Waals surface area contributed by atoms with Crippen molar-refractivity contribution in [1.29, 1.82) is 0 Å². The first-order valence-electron chi connectivity index (χ1n) is 9.79. The Hall–Kier alpha value is -0.680. The summed E-state index contributed by atoms with van der Waals surface area (Å²) in [5, 5.41) is 8.42. The standard InChI is InChI=1S/C19H31N3OS/c1-13(21-22-18(24)20-12-17-3-2-4-23-17)8-19-9-14-5-15(10-19)7-16(6-14)11-19/h14-17H,2-12H2,1H3,(H2,20,22,24)/b21-13-/t14?,15?,16?,17-,19?/m1/s1. The SMILES string of the molecule is C/C(CC12CC3CC(CC(C3)C1)C2)=N/NC(=S)NC[C@H]1CCCO1. The van der Waals surface area contributed by atoms with Gasteiger partial charge >= 0.3 is 0 Å². The van der Waals surface area contributed by atoms with Crippen LogP contribution in [0.15, 0.2) is 5.10 Å². The Bertz CT molecular complexity index is 477. The molecule has 4 saturated carbocycles. The minimum absolute atomic E-state index is 0.307. The molecule has 0 aromatic carbocycles. The molecule has 1 atom stereocenters. The maximum absolute atomic E-state index is 5.60. The maximum Gasteiger partial charge on any atom is 0.187 e. The molecule has 134 valence electrons. The molecule has 0 aromatic heterocycles. The smallest absolute Gasteiger partial charge is 0.187 e. The molecule has 4 aliphatic carbocycles. The van der Waals surface area contributed by atoms with Crippen LogP contribution in [0.1, 0.15) is 64.7 Å². The van der Waals surface area contributed by atoms with Gasteiger partial charge in [0.2, 0.25) is 0 Å². The highest BCUT2D eigenvalue weighted by atomic mass is 32.1. The highest BCUT2D eigenvalue weighted by Gasteiger charge is 2.50. The van der Waals surface area contributed by atoms with Gasteiger partial charge < -0.3 is 10.1 Å². The Balaban J connectivity index is 1.25. The molecule has 0 amide bonds. The molecular formula is C19H31N3OS. The van der Waals surface area contributed by atoms with Gasteiger partial charge in [0.25, 0.3) is 0 Å². The summed E-state index contributed by atoms with van der Waals surface area (Å²) in [5.74, 6) is 3.02. The zero-order chi connectivity index (χ0) is 16.6. The summed E-state index contributed by atoms with van der Waals surface area (Å²) in [5.41, 5.74) is 4.80. The van der Waals surface area contributed by atoms with E-state index in [9.17, 15) is 0 Å². The number of ether oxygens (including phenoxy) is 1. The molecule has 1 heterocycles. The number of hydrazone groups is 1. The van der Waals surface area contributed by atoms with Crippen LogP contribution in [-0.2, 0) is 4.74 Å². The van der Waals surface area contributed by atoms with Gasteiger partial charge in [-0.15, -0.1) is 0 Å². The van der Waals surface area contributed by atoms with Crippen molar-refractivity contribution in [3.8, 4) is 0 Å². The minimum atomic E-state index is 0.307. The van der Waals surface area contributed by atoms with Gasteiger partial charge in [-0.05, 0) is 100 Å². The molecule has 5 heteroatoms. The van der Waals surface area contributed by atoms with E-state index in [1.165, 1.54) is 44.2 Å². The molecule has 2 N–H and O–H groups in total. The number of nitrogens with zero attached hydrogens (tertiary/aromatic N) is 1. The molecule has 5 rings (SSSR count). The zero-order valence-corrected chi connectivity index (χ0v) is 15.7. The van der Waals surface area contributed by atoms with E-state index >= 15 is 0 Å². The van der Waals surface area contributed by atoms with E-state index in [1.807, 2.05) is 0 Å². The molecule has 4 bridgehead atoms. The average molecular weight is 350 g/mol. The molecule has 24 heavy (non-hydrogen) atoms. The first kappa shape index (κ1) is 16.8. The van der Waals surface area contributed by atoms with Crippen molar-refractivity contribution in [3.63, 3.8) is 0 Å². The van der Waals surface area contributed by atoms with Gasteiger partial charge in [0.15, 0.2) is 5.11 Å². The number of hydrogen-bond acceptors (Lipinski definition) is 3. The molecule has 5 aliphatic rings. The summed E-state index contributed by atoms with van der Waals surface area (Å²) in [6.07, 6.45) is 12.6. The molecule has 0 radical (unpaired) electrons. The Morgan fingerprint density at radius 1 is 1.17 bits per heavy atom. The Morgan fingerprint density at radius 3 is 2.42 bits per heavy atom. The van der Waals surface area contributed by atoms with Crippen LogP contribution >= 0.6 is 12.2 Å². The van der Waals surface area contributed by atoms with Crippen molar-refractivity contribution in [3.05, 3.63) is 0 Å². The van der Waals surface area contributed by atoms with Crippen molar-refractivity contribution in [2.75, 3.05) is 13.2 Å². The van der Waals surface area contributed by atoms with Crippen molar-refractivity contribution >= 4 is 23.0 Å². The lowest BCUT2D eigenvalue weighted by Crippen LogP contribution is -2.46. The predicted molar refractivity (Wildman–Crippen MR) is 101 cm³/mol. The van der Waals surface area contributed by atoms with Crippen LogP contribution in [-0.4, -0.2) is 30.1 Å². The molecule has 0 unspecified atom stereocenters. The van der Waals surface area contributed by atoms with Crippen LogP contribution in [0.25, 0.3) is 0 Å². The van der Waals surface area contributed by atoms with Crippen molar-refractivity contribution in [2.24, 2.45) is 28.3 Å². The Morgan fingerprint density at radius 2 is 1.83 bits per heavy atom. The van der Waals surface area contributed by atoms with Gasteiger partial charge in [-0.3, -0.25) is 5.43 Å². The highest BCUT2D eigenvalue weighted by Crippen LogP contribution is 2.61. The molecular weight excluding hydrogens is 318 g/mol. The fourth-order valence-electron chi connectivity index (χ4n) is 6.29. The summed E-state index contributed by atoms with van der Waals surface area (Å²) in [6, 6.07) is 0. The van der Waals surface area contributed by atoms with Crippen LogP contribution in [0, 0.1) is 23.2 Å². The zero-order valence-electron chi connectivity index (χ0n) is 14.9. The van der Waals surface area contributed by atoms with Crippen molar-refractivity contribution in [1.82, 2.24) is 10.7 Å². The number of hydrogen-bond donors (Lipinski definition) is 2. The molecule has 1 saturated heterocycles. The molecule has 0 spiro atoms. The number of thiocarbonyl (C=S) groups is 1. The van der Waals surface area contributed by atoms with E-state index in [4.69, 9.17) is 17.0 Å². The fraction of sp³-hybridized carbons (Fsp3) is 0.895. The first-order chi connectivity index (χ1) is 11.6. The molecule has 5 fully saturated rings. The van der Waals surface area contributed by atoms with Gasteiger partial charge in [-0.2, -0.15) is 5.10 Å². The second-order valence-electron chi connectivity index (χ2n) is 8.90. The first-order valence-corrected chi connectivity index (χ1v) is 10.2. The number of rotatable bonds is 5. The summed E-state index contributed by atoms with van der Waals surface area (Å²) < 4.78 is 5.60. The topological polar surface area (TPSA) is 45.7 Å². The van der Waals surface area contributed by atoms with Gasteiger partial charge in [-0.25, -0.2) is 0 Å². The second-order valence-corrected chi connectivity index (χ2v) is 9.31. The van der Waals surface area contributed by atoms with E-state index in [1.54, 1.807) is 0 Å². The van der Waals surface area contributed by atoms with Crippen LogP contribution in [0.4, 0.5) is 0 Å². The summed E-state index contributed by atoms with van der Waals surface area (Å²) in [4.78, 5) is 0. The summed E-state index contributed by atoms with van der Waals surface area (Å²) in [6.45, 7) is 3.83. The minimum Gasteiger partial charge on any atom is -0.376 e. The monoisotopic (exact) mass is 349 g/mol. The average Bonchev–Trinajstić information content (AvgIpc) is 3.02. The maximum atomic E-state index is 5.60. The van der Waals surface area contributed by atoms with Gasteiger partial charge in [0.05, 0.1) is 6.10 Å². The van der Waals surface area contributed by atoms with E-state index < -0.39 is 0 Å². The third kappa shape index (κ3) is 3.77. The Labute approximate surface area is 151 Å². The lowest BCUT2D eigenvalue weighted by Gasteiger charge is -2.57. The quantitative estimate of drug-likeness (QED) is 0.452. The van der Waals surface area contributed by atoms with E-state index in [0.717, 1.165) is 50.2 Å². The van der Waals surface area contributed by atoms with Crippen molar-refractivity contribution in [2.45, 2.75) is 70.8 Å². The highest BCUT2D eigenvalue weighted by molar-refractivity contribution is 7.80. The largest absolute Gasteiger partial charge is 0.376 e. The normalized spacial score (nSPS) is 40.8. The van der Waals surface area contributed by atoms with Crippen LogP contribution in [0.3, 0.4) is 0 Å². The predicted octanol–water partition coefficient (Wildman–Crippen LogP) is 3.61. The van der Waals surface area contributed by atoms with Gasteiger partial charge in [0.1, 0.15) is 0 Å². The third-order valence-electron chi connectivity index (χ3n) is 6.66. The Kier molecular flexibility index (Phi) is 4.83. The van der Waals surface area contributed by atoms with E-state index in [0.29, 0.717) is 16.6 Å². The molecule has 4 nitrogen and oxygen atoms in total.